The minimum Gasteiger partial charge on any atom is -0.379 e. The van der Waals surface area contributed by atoms with Crippen molar-refractivity contribution in [1.82, 2.24) is 4.90 Å². The smallest absolute Gasteiger partial charge is 0.121 e. The molecule has 0 heterocycles. The fourth-order valence-electron chi connectivity index (χ4n) is 1.78. The third kappa shape index (κ3) is 2.70. The van der Waals surface area contributed by atoms with E-state index in [-0.39, 0.29) is 6.04 Å². The monoisotopic (exact) mass is 211 g/mol. The molecular formula is C13H25NO. The van der Waals surface area contributed by atoms with E-state index in [0.717, 1.165) is 11.1 Å². The van der Waals surface area contributed by atoms with Gasteiger partial charge in [-0.2, -0.15) is 0 Å². The number of allylic oxidation sites excluding steroid dienone is 2. The highest BCUT2D eigenvalue weighted by Gasteiger charge is 2.37. The first kappa shape index (κ1) is 14.4. The van der Waals surface area contributed by atoms with Gasteiger partial charge in [-0.25, -0.2) is 0 Å². The van der Waals surface area contributed by atoms with E-state index >= 15 is 0 Å². The van der Waals surface area contributed by atoms with Gasteiger partial charge < -0.3 is 10.0 Å². The molecule has 0 saturated heterocycles. The first-order chi connectivity index (χ1) is 6.82. The highest BCUT2D eigenvalue weighted by Crippen LogP contribution is 2.31. The van der Waals surface area contributed by atoms with E-state index in [4.69, 9.17) is 0 Å². The highest BCUT2D eigenvalue weighted by atomic mass is 16.3. The molecule has 0 fully saturated rings. The molecule has 0 radical (unpaired) electrons. The maximum absolute atomic E-state index is 10.8. The molecule has 1 N–H and O–H groups in total. The van der Waals surface area contributed by atoms with Gasteiger partial charge in [0.25, 0.3) is 0 Å². The lowest BCUT2D eigenvalue weighted by molar-refractivity contribution is 0.0367. The van der Waals surface area contributed by atoms with Crippen LogP contribution >= 0.6 is 0 Å². The molecule has 0 bridgehead atoms. The van der Waals surface area contributed by atoms with E-state index in [0.29, 0.717) is 0 Å². The quantitative estimate of drug-likeness (QED) is 0.723. The van der Waals surface area contributed by atoms with Crippen LogP contribution in [0.2, 0.25) is 0 Å². The summed E-state index contributed by atoms with van der Waals surface area (Å²) in [5.74, 6) is 0. The summed E-state index contributed by atoms with van der Waals surface area (Å²) in [5.41, 5.74) is 1.14. The van der Waals surface area contributed by atoms with Crippen molar-refractivity contribution in [2.75, 3.05) is 14.1 Å². The third-order valence-corrected chi connectivity index (χ3v) is 3.45. The first-order valence-electron chi connectivity index (χ1n) is 5.47. The van der Waals surface area contributed by atoms with Gasteiger partial charge in [0, 0.05) is 6.04 Å². The summed E-state index contributed by atoms with van der Waals surface area (Å²) in [6, 6.07) is 0.0601. The SMILES string of the molecule is CC=C(C)C(O)(C(C)=CC)C(C)N(C)C. The molecule has 0 aliphatic rings. The second-order valence-electron chi connectivity index (χ2n) is 4.35. The van der Waals surface area contributed by atoms with Crippen LogP contribution in [0, 0.1) is 0 Å². The molecule has 15 heavy (non-hydrogen) atoms. The summed E-state index contributed by atoms with van der Waals surface area (Å²) in [7, 11) is 3.98. The van der Waals surface area contributed by atoms with Gasteiger partial charge in [-0.1, -0.05) is 12.2 Å². The Kier molecular flexibility index (Phi) is 5.26. The number of nitrogens with zero attached hydrogens (tertiary/aromatic N) is 1. The van der Waals surface area contributed by atoms with Crippen molar-refractivity contribution in [3.8, 4) is 0 Å². The van der Waals surface area contributed by atoms with Gasteiger partial charge in [-0.05, 0) is 59.9 Å². The second kappa shape index (κ2) is 5.47. The van der Waals surface area contributed by atoms with E-state index in [1.54, 1.807) is 0 Å². The molecule has 0 spiro atoms. The molecule has 0 aliphatic heterocycles. The lowest BCUT2D eigenvalue weighted by Gasteiger charge is -2.40. The lowest BCUT2D eigenvalue weighted by atomic mass is 9.80. The van der Waals surface area contributed by atoms with E-state index in [1.807, 2.05) is 65.8 Å². The Morgan fingerprint density at radius 3 is 1.67 bits per heavy atom. The maximum atomic E-state index is 10.8. The zero-order chi connectivity index (χ0) is 12.2. The number of rotatable bonds is 4. The van der Waals surface area contributed by atoms with Crippen LogP contribution in [0.4, 0.5) is 0 Å². The van der Waals surface area contributed by atoms with E-state index in [2.05, 4.69) is 0 Å². The minimum absolute atomic E-state index is 0.0601. The van der Waals surface area contributed by atoms with Gasteiger partial charge in [0.15, 0.2) is 0 Å². The molecule has 0 aliphatic carbocycles. The van der Waals surface area contributed by atoms with Crippen molar-refractivity contribution in [3.05, 3.63) is 23.3 Å². The van der Waals surface area contributed by atoms with Crippen molar-refractivity contribution < 1.29 is 5.11 Å². The summed E-state index contributed by atoms with van der Waals surface area (Å²) in [6.07, 6.45) is 3.96. The molecule has 88 valence electrons. The Balaban J connectivity index is 5.41. The van der Waals surface area contributed by atoms with Crippen LogP contribution < -0.4 is 0 Å². The summed E-state index contributed by atoms with van der Waals surface area (Å²) in [4.78, 5) is 2.04. The molecule has 0 aromatic rings. The van der Waals surface area contributed by atoms with Crippen LogP contribution in [-0.2, 0) is 0 Å². The molecule has 0 amide bonds. The molecule has 0 saturated carbocycles. The van der Waals surface area contributed by atoms with Gasteiger partial charge in [0.1, 0.15) is 5.60 Å². The Labute approximate surface area is 94.3 Å². The number of aliphatic hydroxyl groups is 1. The summed E-state index contributed by atoms with van der Waals surface area (Å²) in [6.45, 7) is 9.93. The number of likely N-dealkylation sites (N-methyl/N-ethyl adjacent to an activating group) is 1. The number of hydrogen-bond acceptors (Lipinski definition) is 2. The van der Waals surface area contributed by atoms with Gasteiger partial charge in [0.2, 0.25) is 0 Å². The minimum atomic E-state index is -0.854. The maximum Gasteiger partial charge on any atom is 0.121 e. The van der Waals surface area contributed by atoms with Crippen molar-refractivity contribution in [3.63, 3.8) is 0 Å². The zero-order valence-corrected chi connectivity index (χ0v) is 11.1. The van der Waals surface area contributed by atoms with Crippen LogP contribution in [0.5, 0.6) is 0 Å². The fourth-order valence-corrected chi connectivity index (χ4v) is 1.78. The van der Waals surface area contributed by atoms with Crippen molar-refractivity contribution in [1.29, 1.82) is 0 Å². The van der Waals surface area contributed by atoms with Gasteiger partial charge in [-0.15, -0.1) is 0 Å². The summed E-state index contributed by atoms with van der Waals surface area (Å²) < 4.78 is 0. The normalized spacial score (nSPS) is 20.3. The van der Waals surface area contributed by atoms with Gasteiger partial charge in [0.05, 0.1) is 0 Å². The lowest BCUT2D eigenvalue weighted by Crippen LogP contribution is -2.50. The van der Waals surface area contributed by atoms with Crippen LogP contribution in [0.15, 0.2) is 23.3 Å². The van der Waals surface area contributed by atoms with Gasteiger partial charge in [-0.3, -0.25) is 0 Å². The Bertz CT molecular complexity index is 246. The molecule has 1 atom stereocenters. The van der Waals surface area contributed by atoms with Crippen LogP contribution in [0.1, 0.15) is 34.6 Å². The van der Waals surface area contributed by atoms with Crippen LogP contribution in [0.25, 0.3) is 0 Å². The van der Waals surface area contributed by atoms with Gasteiger partial charge >= 0.3 is 0 Å². The summed E-state index contributed by atoms with van der Waals surface area (Å²) in [5, 5.41) is 10.8. The molecule has 0 aromatic carbocycles. The Morgan fingerprint density at radius 1 is 1.13 bits per heavy atom. The zero-order valence-electron chi connectivity index (χ0n) is 11.1. The highest BCUT2D eigenvalue weighted by molar-refractivity contribution is 5.32. The largest absolute Gasteiger partial charge is 0.379 e. The average molecular weight is 211 g/mol. The standard InChI is InChI=1S/C13H25NO/c1-8-10(3)13(15,11(4)9-2)12(5)14(6)7/h8-9,12,15H,1-7H3. The second-order valence-corrected chi connectivity index (χ2v) is 4.35. The topological polar surface area (TPSA) is 23.5 Å². The molecule has 2 heteroatoms. The van der Waals surface area contributed by atoms with Crippen LogP contribution in [-0.4, -0.2) is 35.7 Å². The number of hydrogen-bond donors (Lipinski definition) is 1. The Morgan fingerprint density at radius 2 is 1.47 bits per heavy atom. The van der Waals surface area contributed by atoms with Crippen molar-refractivity contribution in [2.24, 2.45) is 0 Å². The van der Waals surface area contributed by atoms with E-state index in [9.17, 15) is 5.11 Å². The van der Waals surface area contributed by atoms with Crippen molar-refractivity contribution in [2.45, 2.75) is 46.3 Å². The molecular weight excluding hydrogens is 186 g/mol. The van der Waals surface area contributed by atoms with E-state index in [1.165, 1.54) is 0 Å². The fraction of sp³-hybridized carbons (Fsp3) is 0.692. The predicted molar refractivity (Wildman–Crippen MR) is 67.0 cm³/mol. The third-order valence-electron chi connectivity index (χ3n) is 3.45. The average Bonchev–Trinajstić information content (AvgIpc) is 2.24. The van der Waals surface area contributed by atoms with E-state index < -0.39 is 5.60 Å². The summed E-state index contributed by atoms with van der Waals surface area (Å²) >= 11 is 0. The molecule has 0 rings (SSSR count). The molecule has 2 nitrogen and oxygen atoms in total. The predicted octanol–water partition coefficient (Wildman–Crippen LogP) is 2.60. The van der Waals surface area contributed by atoms with Crippen LogP contribution in [0.3, 0.4) is 0 Å². The van der Waals surface area contributed by atoms with Crippen molar-refractivity contribution >= 4 is 0 Å². The molecule has 0 aromatic heterocycles. The first-order valence-corrected chi connectivity index (χ1v) is 5.47. The molecule has 1 unspecified atom stereocenters. The Hall–Kier alpha value is -0.600.